The van der Waals surface area contributed by atoms with Crippen molar-refractivity contribution in [1.82, 2.24) is 9.29 Å². The second-order valence-corrected chi connectivity index (χ2v) is 9.93. The molecule has 0 aliphatic carbocycles. The van der Waals surface area contributed by atoms with Crippen LogP contribution in [-0.4, -0.2) is 72.6 Å². The van der Waals surface area contributed by atoms with Gasteiger partial charge in [-0.05, 0) is 50.2 Å². The Morgan fingerprint density at radius 3 is 2.55 bits per heavy atom. The first-order valence-corrected chi connectivity index (χ1v) is 12.2. The van der Waals surface area contributed by atoms with Crippen molar-refractivity contribution in [3.63, 3.8) is 0 Å². The van der Waals surface area contributed by atoms with Gasteiger partial charge in [0.1, 0.15) is 0 Å². The Labute approximate surface area is 189 Å². The van der Waals surface area contributed by atoms with E-state index in [1.807, 2.05) is 6.92 Å². The summed E-state index contributed by atoms with van der Waals surface area (Å²) >= 11 is 0. The van der Waals surface area contributed by atoms with Crippen LogP contribution in [0.4, 0.5) is 17.6 Å². The quantitative estimate of drug-likeness (QED) is 0.573. The lowest BCUT2D eigenvalue weighted by Gasteiger charge is -2.41. The molecule has 3 rings (SSSR count). The van der Waals surface area contributed by atoms with E-state index in [4.69, 9.17) is 19.4 Å². The van der Waals surface area contributed by atoms with E-state index in [-0.39, 0.29) is 17.2 Å². The molecule has 0 bridgehead atoms. The molecule has 0 radical (unpaired) electrons. The molecule has 2 saturated heterocycles. The van der Waals surface area contributed by atoms with E-state index < -0.39 is 28.0 Å². The number of piperidine rings is 1. The number of sulfonamides is 1. The summed E-state index contributed by atoms with van der Waals surface area (Å²) in [5.74, 6) is -2.69. The van der Waals surface area contributed by atoms with Crippen LogP contribution in [0, 0.1) is 11.7 Å². The molecule has 0 saturated carbocycles. The maximum atomic E-state index is 13.6. The van der Waals surface area contributed by atoms with Crippen molar-refractivity contribution < 1.29 is 45.4 Å². The van der Waals surface area contributed by atoms with Gasteiger partial charge in [-0.3, -0.25) is 0 Å². The van der Waals surface area contributed by atoms with E-state index in [1.165, 1.54) is 18.3 Å². The molecule has 0 aromatic carbocycles. The first-order valence-electron chi connectivity index (χ1n) is 10.6. The van der Waals surface area contributed by atoms with Crippen molar-refractivity contribution in [2.45, 2.75) is 50.8 Å². The van der Waals surface area contributed by atoms with Crippen LogP contribution in [0.5, 0.6) is 5.88 Å². The van der Waals surface area contributed by atoms with Crippen LogP contribution in [0.3, 0.4) is 0 Å². The fourth-order valence-electron chi connectivity index (χ4n) is 4.05. The maximum Gasteiger partial charge on any atom is 0.490 e. The van der Waals surface area contributed by atoms with E-state index in [0.29, 0.717) is 51.5 Å². The topological polar surface area (TPSA) is 106 Å². The number of alkyl halides is 3. The van der Waals surface area contributed by atoms with E-state index in [1.54, 1.807) is 4.31 Å². The van der Waals surface area contributed by atoms with Crippen LogP contribution >= 0.6 is 0 Å². The van der Waals surface area contributed by atoms with Gasteiger partial charge in [0.15, 0.2) is 5.82 Å². The molecule has 2 aliphatic rings. The average Bonchev–Trinajstić information content (AvgIpc) is 3.11. The highest BCUT2D eigenvalue weighted by Gasteiger charge is 2.47. The Morgan fingerprint density at radius 1 is 1.36 bits per heavy atom. The first-order chi connectivity index (χ1) is 15.4. The molecular weight excluding hydrogens is 472 g/mol. The molecule has 1 aromatic rings. The van der Waals surface area contributed by atoms with Crippen molar-refractivity contribution >= 4 is 16.0 Å². The summed E-state index contributed by atoms with van der Waals surface area (Å²) in [6.07, 6.45) is 0.139. The number of carboxylic acids is 1. The molecule has 1 spiro atoms. The largest absolute Gasteiger partial charge is 0.490 e. The smallest absolute Gasteiger partial charge is 0.476 e. The van der Waals surface area contributed by atoms with E-state index in [9.17, 15) is 26.0 Å². The predicted octanol–water partition coefficient (Wildman–Crippen LogP) is 3.23. The Kier molecular flexibility index (Phi) is 9.44. The number of hydrogen-bond donors (Lipinski definition) is 1. The first kappa shape index (κ1) is 27.3. The fourth-order valence-corrected chi connectivity index (χ4v) is 5.56. The Balaban J connectivity index is 0.000000479. The second-order valence-electron chi connectivity index (χ2n) is 7.84. The number of carboxylic acid groups (broad SMARTS) is 1. The lowest BCUT2D eigenvalue weighted by atomic mass is 9.78. The van der Waals surface area contributed by atoms with Gasteiger partial charge in [-0.1, -0.05) is 6.92 Å². The minimum Gasteiger partial charge on any atom is -0.476 e. The number of hydrogen-bond acceptors (Lipinski definition) is 6. The standard InChI is InChI=1S/C18H27FN2O4S.C2HF3O2/c1-2-14-26(22,23)21-10-7-18(8-11-21)15(6-13-25-18)5-12-24-17-16(19)4-3-9-20-17;3-2(4,5)1(6)7/h3-4,9,15H,2,5-8,10-14H2,1H3;(H,6,7). The lowest BCUT2D eigenvalue weighted by Crippen LogP contribution is -2.50. The third-order valence-corrected chi connectivity index (χ3v) is 7.77. The SMILES string of the molecule is CCCS(=O)(=O)N1CCC2(CC1)OCCC2CCOc1ncccc1F.O=C(O)C(F)(F)F. The van der Waals surface area contributed by atoms with Crippen LogP contribution in [0.1, 0.15) is 39.0 Å². The minimum absolute atomic E-state index is 0.0287. The van der Waals surface area contributed by atoms with Crippen LogP contribution < -0.4 is 4.74 Å². The van der Waals surface area contributed by atoms with Crippen molar-refractivity contribution in [3.8, 4) is 5.88 Å². The summed E-state index contributed by atoms with van der Waals surface area (Å²) in [5, 5.41) is 7.12. The molecule has 33 heavy (non-hydrogen) atoms. The highest BCUT2D eigenvalue weighted by Crippen LogP contribution is 2.42. The zero-order chi connectivity index (χ0) is 24.7. The van der Waals surface area contributed by atoms with E-state index >= 15 is 0 Å². The zero-order valence-electron chi connectivity index (χ0n) is 18.2. The predicted molar refractivity (Wildman–Crippen MR) is 110 cm³/mol. The molecule has 2 fully saturated rings. The summed E-state index contributed by atoms with van der Waals surface area (Å²) in [4.78, 5) is 12.8. The highest BCUT2D eigenvalue weighted by molar-refractivity contribution is 7.89. The molecule has 188 valence electrons. The van der Waals surface area contributed by atoms with Crippen LogP contribution in [0.25, 0.3) is 0 Å². The van der Waals surface area contributed by atoms with Gasteiger partial charge >= 0.3 is 12.1 Å². The number of ether oxygens (including phenoxy) is 2. The number of nitrogens with zero attached hydrogens (tertiary/aromatic N) is 2. The van der Waals surface area contributed by atoms with Crippen molar-refractivity contribution in [2.75, 3.05) is 32.1 Å². The molecular formula is C20H28F4N2O6S. The van der Waals surface area contributed by atoms with Gasteiger partial charge < -0.3 is 14.6 Å². The number of carbonyl (C=O) groups is 1. The molecule has 1 atom stereocenters. The highest BCUT2D eigenvalue weighted by atomic mass is 32.2. The van der Waals surface area contributed by atoms with Crippen LogP contribution in [0.15, 0.2) is 18.3 Å². The fraction of sp³-hybridized carbons (Fsp3) is 0.700. The Morgan fingerprint density at radius 2 is 2.00 bits per heavy atom. The lowest BCUT2D eigenvalue weighted by molar-refractivity contribution is -0.192. The van der Waals surface area contributed by atoms with Gasteiger partial charge in [0, 0.05) is 25.9 Å². The van der Waals surface area contributed by atoms with E-state index in [0.717, 1.165) is 12.8 Å². The van der Waals surface area contributed by atoms with Gasteiger partial charge in [-0.2, -0.15) is 13.2 Å². The summed E-state index contributed by atoms with van der Waals surface area (Å²) in [7, 11) is -3.15. The van der Waals surface area contributed by atoms with Crippen molar-refractivity contribution in [3.05, 3.63) is 24.1 Å². The number of aliphatic carboxylic acids is 1. The van der Waals surface area contributed by atoms with Crippen LogP contribution in [0.2, 0.25) is 0 Å². The number of aromatic nitrogens is 1. The van der Waals surface area contributed by atoms with Gasteiger partial charge in [0.05, 0.1) is 18.0 Å². The van der Waals surface area contributed by atoms with Gasteiger partial charge in [0.25, 0.3) is 0 Å². The monoisotopic (exact) mass is 500 g/mol. The molecule has 0 amide bonds. The minimum atomic E-state index is -5.08. The zero-order valence-corrected chi connectivity index (χ0v) is 19.0. The van der Waals surface area contributed by atoms with Crippen molar-refractivity contribution in [1.29, 1.82) is 0 Å². The number of halogens is 4. The van der Waals surface area contributed by atoms with Crippen molar-refractivity contribution in [2.24, 2.45) is 5.92 Å². The Bertz CT molecular complexity index is 889. The molecule has 1 aromatic heterocycles. The summed E-state index contributed by atoms with van der Waals surface area (Å²) in [5.41, 5.74) is -0.274. The number of rotatable bonds is 7. The second kappa shape index (κ2) is 11.4. The molecule has 13 heteroatoms. The maximum absolute atomic E-state index is 13.6. The molecule has 2 aliphatic heterocycles. The summed E-state index contributed by atoms with van der Waals surface area (Å²) in [6, 6.07) is 2.86. The normalized spacial score (nSPS) is 20.8. The summed E-state index contributed by atoms with van der Waals surface area (Å²) < 4.78 is 83.0. The van der Waals surface area contributed by atoms with E-state index in [2.05, 4.69) is 4.98 Å². The average molecular weight is 501 g/mol. The van der Waals surface area contributed by atoms with Crippen LogP contribution in [-0.2, 0) is 19.6 Å². The number of pyridine rings is 1. The Hall–Kier alpha value is -1.99. The third-order valence-electron chi connectivity index (χ3n) is 5.70. The molecule has 8 nitrogen and oxygen atoms in total. The van der Waals surface area contributed by atoms with Gasteiger partial charge in [0.2, 0.25) is 15.9 Å². The molecule has 1 unspecified atom stereocenters. The summed E-state index contributed by atoms with van der Waals surface area (Å²) in [6.45, 7) is 3.96. The molecule has 1 N–H and O–H groups in total. The molecule has 3 heterocycles. The van der Waals surface area contributed by atoms with Gasteiger partial charge in [-0.15, -0.1) is 0 Å². The third kappa shape index (κ3) is 7.51. The van der Waals surface area contributed by atoms with Gasteiger partial charge in [-0.25, -0.2) is 26.9 Å².